The maximum Gasteiger partial charge on any atom is 0.416 e. The maximum absolute atomic E-state index is 12.8. The number of sulfonamides is 1. The van der Waals surface area contributed by atoms with Gasteiger partial charge in [-0.25, -0.2) is 8.42 Å². The second-order valence-corrected chi connectivity index (χ2v) is 7.63. The van der Waals surface area contributed by atoms with Crippen molar-refractivity contribution in [2.45, 2.75) is 25.4 Å². The van der Waals surface area contributed by atoms with Gasteiger partial charge in [-0.1, -0.05) is 6.07 Å². The Bertz CT molecular complexity index is 698. The average molecular weight is 364 g/mol. The second-order valence-electron chi connectivity index (χ2n) is 5.72. The van der Waals surface area contributed by atoms with E-state index in [0.717, 1.165) is 41.6 Å². The van der Waals surface area contributed by atoms with Gasteiger partial charge >= 0.3 is 6.18 Å². The number of alkyl halides is 3. The molecule has 1 amide bonds. The van der Waals surface area contributed by atoms with Crippen LogP contribution < -0.4 is 4.31 Å². The number of nitrogens with zero attached hydrogens (tertiary/aromatic N) is 2. The van der Waals surface area contributed by atoms with Gasteiger partial charge in [-0.05, 0) is 31.0 Å². The van der Waals surface area contributed by atoms with E-state index in [-0.39, 0.29) is 24.6 Å². The Morgan fingerprint density at radius 3 is 2.42 bits per heavy atom. The van der Waals surface area contributed by atoms with E-state index in [9.17, 15) is 26.4 Å². The Morgan fingerprint density at radius 2 is 1.88 bits per heavy atom. The molecule has 0 spiro atoms. The van der Waals surface area contributed by atoms with Gasteiger partial charge in [0.2, 0.25) is 15.9 Å². The topological polar surface area (TPSA) is 57.7 Å². The number of hydrogen-bond donors (Lipinski definition) is 0. The van der Waals surface area contributed by atoms with E-state index in [2.05, 4.69) is 0 Å². The zero-order valence-corrected chi connectivity index (χ0v) is 14.0. The van der Waals surface area contributed by atoms with Gasteiger partial charge in [-0.15, -0.1) is 0 Å². The molecule has 0 unspecified atom stereocenters. The standard InChI is InChI=1S/C15H19F3N2O3S/c1-24(22,23)20(10-7-14(21)19-8-2-3-9-19)13-6-4-5-12(11-13)15(16,17)18/h4-6,11H,2-3,7-10H2,1H3. The number of hydrogen-bond acceptors (Lipinski definition) is 3. The van der Waals surface area contributed by atoms with Crippen LogP contribution in [0.1, 0.15) is 24.8 Å². The van der Waals surface area contributed by atoms with Crippen molar-refractivity contribution in [3.8, 4) is 0 Å². The van der Waals surface area contributed by atoms with Crippen molar-refractivity contribution >= 4 is 21.6 Å². The summed E-state index contributed by atoms with van der Waals surface area (Å²) in [5, 5.41) is 0. The Balaban J connectivity index is 2.19. The molecule has 1 heterocycles. The molecular formula is C15H19F3N2O3S. The summed E-state index contributed by atoms with van der Waals surface area (Å²) in [4.78, 5) is 13.7. The summed E-state index contributed by atoms with van der Waals surface area (Å²) in [5.41, 5.74) is -1.03. The van der Waals surface area contributed by atoms with E-state index in [1.54, 1.807) is 4.90 Å². The van der Waals surface area contributed by atoms with Crippen LogP contribution in [-0.4, -0.2) is 45.1 Å². The predicted octanol–water partition coefficient (Wildman–Crippen LogP) is 2.48. The molecule has 1 saturated heterocycles. The lowest BCUT2D eigenvalue weighted by Crippen LogP contribution is -2.35. The largest absolute Gasteiger partial charge is 0.416 e. The molecule has 0 atom stereocenters. The molecule has 0 N–H and O–H groups in total. The van der Waals surface area contributed by atoms with Crippen molar-refractivity contribution in [3.63, 3.8) is 0 Å². The summed E-state index contributed by atoms with van der Waals surface area (Å²) >= 11 is 0. The first-order valence-electron chi connectivity index (χ1n) is 7.52. The number of anilines is 1. The summed E-state index contributed by atoms with van der Waals surface area (Å²) in [6, 6.07) is 4.09. The van der Waals surface area contributed by atoms with Gasteiger partial charge in [0.05, 0.1) is 17.5 Å². The van der Waals surface area contributed by atoms with Gasteiger partial charge < -0.3 is 4.90 Å². The molecule has 0 bridgehead atoms. The number of halogens is 3. The van der Waals surface area contributed by atoms with Crippen LogP contribution in [0.25, 0.3) is 0 Å². The molecule has 1 aromatic carbocycles. The third kappa shape index (κ3) is 4.62. The number of amides is 1. The summed E-state index contributed by atoms with van der Waals surface area (Å²) < 4.78 is 63.2. The highest BCUT2D eigenvalue weighted by Crippen LogP contribution is 2.32. The highest BCUT2D eigenvalue weighted by atomic mass is 32.2. The summed E-state index contributed by atoms with van der Waals surface area (Å²) in [5.74, 6) is -0.187. The normalized spacial score (nSPS) is 15.6. The Kier molecular flexibility index (Phi) is 5.42. The van der Waals surface area contributed by atoms with Crippen LogP contribution in [-0.2, 0) is 21.0 Å². The quantitative estimate of drug-likeness (QED) is 0.807. The molecular weight excluding hydrogens is 345 g/mol. The van der Waals surface area contributed by atoms with Crippen LogP contribution in [0.5, 0.6) is 0 Å². The second kappa shape index (κ2) is 7.00. The van der Waals surface area contributed by atoms with E-state index < -0.39 is 21.8 Å². The van der Waals surface area contributed by atoms with Crippen LogP contribution in [0.3, 0.4) is 0 Å². The Hall–Kier alpha value is -1.77. The zero-order valence-electron chi connectivity index (χ0n) is 13.2. The Labute approximate surface area is 139 Å². The van der Waals surface area contributed by atoms with Crippen molar-refractivity contribution in [2.75, 3.05) is 30.2 Å². The molecule has 1 aromatic rings. The minimum Gasteiger partial charge on any atom is -0.343 e. The van der Waals surface area contributed by atoms with E-state index in [1.165, 1.54) is 6.07 Å². The molecule has 0 saturated carbocycles. The highest BCUT2D eigenvalue weighted by Gasteiger charge is 2.31. The lowest BCUT2D eigenvalue weighted by Gasteiger charge is -2.24. The van der Waals surface area contributed by atoms with E-state index in [1.807, 2.05) is 0 Å². The molecule has 0 aromatic heterocycles. The summed E-state index contributed by atoms with van der Waals surface area (Å²) in [6.45, 7) is 1.10. The third-order valence-electron chi connectivity index (χ3n) is 3.85. The lowest BCUT2D eigenvalue weighted by atomic mass is 10.2. The van der Waals surface area contributed by atoms with Crippen LogP contribution in [0.2, 0.25) is 0 Å². The van der Waals surface area contributed by atoms with Gasteiger partial charge in [-0.3, -0.25) is 9.10 Å². The fourth-order valence-electron chi connectivity index (χ4n) is 2.65. The first-order valence-corrected chi connectivity index (χ1v) is 9.36. The maximum atomic E-state index is 12.8. The molecule has 0 radical (unpaired) electrons. The zero-order chi connectivity index (χ0) is 18.0. The molecule has 2 rings (SSSR count). The van der Waals surface area contributed by atoms with Crippen molar-refractivity contribution in [1.29, 1.82) is 0 Å². The van der Waals surface area contributed by atoms with E-state index >= 15 is 0 Å². The highest BCUT2D eigenvalue weighted by molar-refractivity contribution is 7.92. The molecule has 0 aliphatic carbocycles. The van der Waals surface area contributed by atoms with Crippen molar-refractivity contribution in [1.82, 2.24) is 4.90 Å². The van der Waals surface area contributed by atoms with Gasteiger partial charge in [0, 0.05) is 26.1 Å². The molecule has 134 valence electrons. The number of carbonyl (C=O) groups is 1. The fourth-order valence-corrected chi connectivity index (χ4v) is 3.57. The number of likely N-dealkylation sites (tertiary alicyclic amines) is 1. The smallest absolute Gasteiger partial charge is 0.343 e. The first kappa shape index (κ1) is 18.6. The number of rotatable bonds is 5. The number of benzene rings is 1. The van der Waals surface area contributed by atoms with Crippen LogP contribution in [0, 0.1) is 0 Å². The van der Waals surface area contributed by atoms with E-state index in [0.29, 0.717) is 13.1 Å². The lowest BCUT2D eigenvalue weighted by molar-refractivity contribution is -0.137. The number of carbonyl (C=O) groups excluding carboxylic acids is 1. The average Bonchev–Trinajstić information content (AvgIpc) is 2.99. The third-order valence-corrected chi connectivity index (χ3v) is 5.04. The van der Waals surface area contributed by atoms with Crippen LogP contribution >= 0.6 is 0 Å². The minimum atomic E-state index is -4.56. The van der Waals surface area contributed by atoms with Gasteiger partial charge in [-0.2, -0.15) is 13.2 Å². The van der Waals surface area contributed by atoms with Gasteiger partial charge in [0.15, 0.2) is 0 Å². The van der Waals surface area contributed by atoms with Crippen LogP contribution in [0.15, 0.2) is 24.3 Å². The molecule has 1 aliphatic heterocycles. The van der Waals surface area contributed by atoms with Crippen molar-refractivity contribution in [2.24, 2.45) is 0 Å². The molecule has 24 heavy (non-hydrogen) atoms. The first-order chi connectivity index (χ1) is 11.1. The predicted molar refractivity (Wildman–Crippen MR) is 84.1 cm³/mol. The monoisotopic (exact) mass is 364 g/mol. The summed E-state index contributed by atoms with van der Waals surface area (Å²) in [6.07, 6.45) is -1.90. The van der Waals surface area contributed by atoms with Crippen molar-refractivity contribution < 1.29 is 26.4 Å². The fraction of sp³-hybridized carbons (Fsp3) is 0.533. The Morgan fingerprint density at radius 1 is 1.25 bits per heavy atom. The van der Waals surface area contributed by atoms with Crippen molar-refractivity contribution in [3.05, 3.63) is 29.8 Å². The molecule has 5 nitrogen and oxygen atoms in total. The summed E-state index contributed by atoms with van der Waals surface area (Å²) in [7, 11) is -3.80. The molecule has 1 fully saturated rings. The van der Waals surface area contributed by atoms with E-state index in [4.69, 9.17) is 0 Å². The van der Waals surface area contributed by atoms with Gasteiger partial charge in [0.1, 0.15) is 0 Å². The molecule has 1 aliphatic rings. The van der Waals surface area contributed by atoms with Gasteiger partial charge in [0.25, 0.3) is 0 Å². The van der Waals surface area contributed by atoms with Crippen LogP contribution in [0.4, 0.5) is 18.9 Å². The molecule has 9 heteroatoms. The minimum absolute atomic E-state index is 0.0662. The SMILES string of the molecule is CS(=O)(=O)N(CCC(=O)N1CCCC1)c1cccc(C(F)(F)F)c1.